The zero-order valence-corrected chi connectivity index (χ0v) is 11.8. The number of aromatic nitrogens is 1. The van der Waals surface area contributed by atoms with Gasteiger partial charge in [-0.2, -0.15) is 0 Å². The molecule has 2 rings (SSSR count). The van der Waals surface area contributed by atoms with Gasteiger partial charge < -0.3 is 14.8 Å². The molecule has 0 fully saturated rings. The lowest BCUT2D eigenvalue weighted by atomic mass is 10.2. The third-order valence-electron chi connectivity index (χ3n) is 2.99. The molecule has 0 bridgehead atoms. The quantitative estimate of drug-likeness (QED) is 0.924. The van der Waals surface area contributed by atoms with Gasteiger partial charge in [-0.25, -0.2) is 0 Å². The van der Waals surface area contributed by atoms with Gasteiger partial charge in [0, 0.05) is 44.8 Å². The molecule has 104 valence electrons. The molecule has 0 saturated carbocycles. The molecule has 0 aliphatic heterocycles. The molecule has 0 spiro atoms. The Morgan fingerprint density at radius 2 is 1.75 bits per heavy atom. The van der Waals surface area contributed by atoms with E-state index in [0.29, 0.717) is 5.56 Å². The number of benzene rings is 1. The van der Waals surface area contributed by atoms with Gasteiger partial charge >= 0.3 is 0 Å². The lowest BCUT2D eigenvalue weighted by Gasteiger charge is -2.13. The second-order valence-electron chi connectivity index (χ2n) is 4.76. The highest BCUT2D eigenvalue weighted by molar-refractivity contribution is 6.04. The van der Waals surface area contributed by atoms with Crippen molar-refractivity contribution in [1.29, 1.82) is 0 Å². The summed E-state index contributed by atoms with van der Waals surface area (Å²) in [4.78, 5) is 25.3. The third-order valence-corrected chi connectivity index (χ3v) is 2.99. The van der Waals surface area contributed by atoms with E-state index >= 15 is 0 Å². The Balaban J connectivity index is 2.14. The third kappa shape index (κ3) is 3.06. The summed E-state index contributed by atoms with van der Waals surface area (Å²) in [6.07, 6.45) is 1.52. The van der Waals surface area contributed by atoms with Gasteiger partial charge in [0.05, 0.1) is 5.56 Å². The minimum Gasteiger partial charge on any atom is -0.378 e. The summed E-state index contributed by atoms with van der Waals surface area (Å²) >= 11 is 0. The van der Waals surface area contributed by atoms with Crippen LogP contribution >= 0.6 is 0 Å². The molecule has 1 aromatic carbocycles. The van der Waals surface area contributed by atoms with Gasteiger partial charge in [-0.05, 0) is 30.3 Å². The van der Waals surface area contributed by atoms with Crippen LogP contribution in [0.3, 0.4) is 0 Å². The zero-order valence-electron chi connectivity index (χ0n) is 11.8. The minimum atomic E-state index is -0.238. The molecule has 5 nitrogen and oxygen atoms in total. The Hall–Kier alpha value is -2.56. The zero-order chi connectivity index (χ0) is 14.7. The molecule has 0 aliphatic rings. The first-order valence-corrected chi connectivity index (χ1v) is 6.23. The monoisotopic (exact) mass is 271 g/mol. The number of carbonyl (C=O) groups is 1. The lowest BCUT2D eigenvalue weighted by molar-refractivity contribution is 0.102. The van der Waals surface area contributed by atoms with Crippen LogP contribution in [0.2, 0.25) is 0 Å². The smallest absolute Gasteiger partial charge is 0.257 e. The van der Waals surface area contributed by atoms with Gasteiger partial charge in [0.15, 0.2) is 0 Å². The molecule has 0 atom stereocenters. The second kappa shape index (κ2) is 5.61. The van der Waals surface area contributed by atoms with Crippen molar-refractivity contribution in [3.63, 3.8) is 0 Å². The van der Waals surface area contributed by atoms with E-state index < -0.39 is 0 Å². The Morgan fingerprint density at radius 3 is 2.30 bits per heavy atom. The van der Waals surface area contributed by atoms with Crippen molar-refractivity contribution >= 4 is 17.3 Å². The number of rotatable bonds is 3. The number of nitrogens with zero attached hydrogens (tertiary/aromatic N) is 2. The van der Waals surface area contributed by atoms with Crippen LogP contribution in [-0.2, 0) is 7.05 Å². The Morgan fingerprint density at radius 1 is 1.10 bits per heavy atom. The number of anilines is 2. The van der Waals surface area contributed by atoms with Gasteiger partial charge in [0.1, 0.15) is 0 Å². The molecule has 1 N–H and O–H groups in total. The summed E-state index contributed by atoms with van der Waals surface area (Å²) in [5.74, 6) is -0.238. The van der Waals surface area contributed by atoms with Crippen LogP contribution in [0, 0.1) is 0 Å². The van der Waals surface area contributed by atoms with E-state index in [1.165, 1.54) is 22.9 Å². The SMILES string of the molecule is CN(C)c1ccc(NC(=O)c2ccc(=O)n(C)c2)cc1. The van der Waals surface area contributed by atoms with Crippen LogP contribution in [0.25, 0.3) is 0 Å². The normalized spacial score (nSPS) is 10.2. The molecular formula is C15H17N3O2. The number of amides is 1. The first kappa shape index (κ1) is 13.9. The summed E-state index contributed by atoms with van der Waals surface area (Å²) in [5, 5.41) is 2.80. The summed E-state index contributed by atoms with van der Waals surface area (Å²) in [6, 6.07) is 10.4. The van der Waals surface area contributed by atoms with Crippen LogP contribution in [0.4, 0.5) is 11.4 Å². The molecule has 1 heterocycles. The standard InChI is InChI=1S/C15H17N3O2/c1-17(2)13-7-5-12(6-8-13)16-15(20)11-4-9-14(19)18(3)10-11/h4-10H,1-3H3,(H,16,20). The van der Waals surface area contributed by atoms with Crippen molar-refractivity contribution in [2.75, 3.05) is 24.3 Å². The first-order valence-electron chi connectivity index (χ1n) is 6.23. The fourth-order valence-electron chi connectivity index (χ4n) is 1.77. The van der Waals surface area contributed by atoms with E-state index in [1.54, 1.807) is 7.05 Å². The number of pyridine rings is 1. The summed E-state index contributed by atoms with van der Waals surface area (Å²) in [6.45, 7) is 0. The molecule has 5 heteroatoms. The summed E-state index contributed by atoms with van der Waals surface area (Å²) in [7, 11) is 5.53. The molecule has 20 heavy (non-hydrogen) atoms. The predicted octanol–water partition coefficient (Wildman–Crippen LogP) is 1.70. The molecule has 1 amide bonds. The van der Waals surface area contributed by atoms with Gasteiger partial charge in [-0.3, -0.25) is 9.59 Å². The van der Waals surface area contributed by atoms with E-state index in [0.717, 1.165) is 11.4 Å². The fraction of sp³-hybridized carbons (Fsp3) is 0.200. The van der Waals surface area contributed by atoms with Crippen molar-refractivity contribution in [1.82, 2.24) is 4.57 Å². The summed E-state index contributed by atoms with van der Waals surface area (Å²) in [5.41, 5.74) is 2.08. The molecule has 0 radical (unpaired) electrons. The van der Waals surface area contributed by atoms with E-state index in [9.17, 15) is 9.59 Å². The van der Waals surface area contributed by atoms with Crippen LogP contribution in [0.1, 0.15) is 10.4 Å². The Kier molecular flexibility index (Phi) is 3.89. The van der Waals surface area contributed by atoms with Gasteiger partial charge in [0.2, 0.25) is 5.56 Å². The number of carbonyl (C=O) groups excluding carboxylic acids is 1. The first-order chi connectivity index (χ1) is 9.47. The Labute approximate surface area is 117 Å². The average Bonchev–Trinajstić information content (AvgIpc) is 2.42. The highest BCUT2D eigenvalue weighted by atomic mass is 16.2. The summed E-state index contributed by atoms with van der Waals surface area (Å²) < 4.78 is 1.38. The number of nitrogens with one attached hydrogen (secondary N) is 1. The number of aryl methyl sites for hydroxylation is 1. The number of hydrogen-bond acceptors (Lipinski definition) is 3. The maximum Gasteiger partial charge on any atom is 0.257 e. The van der Waals surface area contributed by atoms with Crippen molar-refractivity contribution < 1.29 is 4.79 Å². The van der Waals surface area contributed by atoms with Crippen LogP contribution in [0.5, 0.6) is 0 Å². The van der Waals surface area contributed by atoms with Crippen molar-refractivity contribution in [3.05, 3.63) is 58.5 Å². The highest BCUT2D eigenvalue weighted by Gasteiger charge is 2.07. The maximum atomic E-state index is 12.1. The fourth-order valence-corrected chi connectivity index (χ4v) is 1.77. The molecule has 0 unspecified atom stereocenters. The average molecular weight is 271 g/mol. The van der Waals surface area contributed by atoms with Crippen molar-refractivity contribution in [3.8, 4) is 0 Å². The van der Waals surface area contributed by atoms with Gasteiger partial charge in [-0.15, -0.1) is 0 Å². The minimum absolute atomic E-state index is 0.142. The second-order valence-corrected chi connectivity index (χ2v) is 4.76. The molecule has 1 aromatic heterocycles. The maximum absolute atomic E-state index is 12.1. The van der Waals surface area contributed by atoms with Crippen molar-refractivity contribution in [2.45, 2.75) is 0 Å². The van der Waals surface area contributed by atoms with E-state index in [-0.39, 0.29) is 11.5 Å². The van der Waals surface area contributed by atoms with Crippen LogP contribution < -0.4 is 15.8 Å². The lowest BCUT2D eigenvalue weighted by Crippen LogP contribution is -2.19. The molecule has 2 aromatic rings. The molecular weight excluding hydrogens is 254 g/mol. The van der Waals surface area contributed by atoms with Gasteiger partial charge in [-0.1, -0.05) is 0 Å². The number of hydrogen-bond donors (Lipinski definition) is 1. The highest BCUT2D eigenvalue weighted by Crippen LogP contribution is 2.16. The Bertz CT molecular complexity index is 672. The topological polar surface area (TPSA) is 54.3 Å². The van der Waals surface area contributed by atoms with E-state index in [4.69, 9.17) is 0 Å². The molecule has 0 aliphatic carbocycles. The van der Waals surface area contributed by atoms with E-state index in [2.05, 4.69) is 5.32 Å². The van der Waals surface area contributed by atoms with E-state index in [1.807, 2.05) is 43.3 Å². The van der Waals surface area contributed by atoms with Gasteiger partial charge in [0.25, 0.3) is 5.91 Å². The molecule has 0 saturated heterocycles. The van der Waals surface area contributed by atoms with Crippen LogP contribution in [-0.4, -0.2) is 24.6 Å². The largest absolute Gasteiger partial charge is 0.378 e. The van der Waals surface area contributed by atoms with Crippen molar-refractivity contribution in [2.24, 2.45) is 7.05 Å². The van der Waals surface area contributed by atoms with Crippen LogP contribution in [0.15, 0.2) is 47.4 Å². The predicted molar refractivity (Wildman–Crippen MR) is 80.4 cm³/mol.